The van der Waals surface area contributed by atoms with E-state index in [2.05, 4.69) is 39.5 Å². The molecule has 4 rings (SSSR count). The van der Waals surface area contributed by atoms with Gasteiger partial charge in [-0.25, -0.2) is 0 Å². The van der Waals surface area contributed by atoms with E-state index in [4.69, 9.17) is 4.74 Å². The molecule has 1 aromatic heterocycles. The van der Waals surface area contributed by atoms with Crippen molar-refractivity contribution >= 4 is 16.8 Å². The number of carbonyl (C=O) groups is 1. The van der Waals surface area contributed by atoms with Crippen molar-refractivity contribution in [3.05, 3.63) is 65.9 Å². The Hall–Kier alpha value is -2.79. The van der Waals surface area contributed by atoms with Crippen LogP contribution in [0, 0.1) is 0 Å². The number of methoxy groups -OCH3 is 1. The molecule has 2 aromatic carbocycles. The molecule has 1 aliphatic heterocycles. The first-order chi connectivity index (χ1) is 12.7. The van der Waals surface area contributed by atoms with Crippen LogP contribution >= 0.6 is 0 Å². The van der Waals surface area contributed by atoms with Crippen molar-refractivity contribution < 1.29 is 9.53 Å². The molecule has 1 atom stereocenters. The second-order valence-electron chi connectivity index (χ2n) is 6.82. The van der Waals surface area contributed by atoms with E-state index in [1.807, 2.05) is 30.3 Å². The van der Waals surface area contributed by atoms with Gasteiger partial charge in [-0.05, 0) is 30.2 Å². The third-order valence-corrected chi connectivity index (χ3v) is 4.93. The average molecular weight is 349 g/mol. The number of carbonyl (C=O) groups excluding carboxylic acids is 1. The number of likely N-dealkylation sites (tertiary alicyclic amines) is 1. The van der Waals surface area contributed by atoms with Crippen LogP contribution < -0.4 is 10.1 Å². The molecule has 1 fully saturated rings. The number of hydrogen-bond acceptors (Lipinski definition) is 3. The highest BCUT2D eigenvalue weighted by Crippen LogP contribution is 2.21. The lowest BCUT2D eigenvalue weighted by Crippen LogP contribution is -2.37. The van der Waals surface area contributed by atoms with E-state index in [9.17, 15) is 4.79 Å². The second kappa shape index (κ2) is 7.22. The second-order valence-corrected chi connectivity index (χ2v) is 6.82. The molecule has 134 valence electrons. The molecule has 0 aliphatic carbocycles. The smallest absolute Gasteiger partial charge is 0.267 e. The van der Waals surface area contributed by atoms with Gasteiger partial charge in [0.1, 0.15) is 11.4 Å². The predicted octanol–water partition coefficient (Wildman–Crippen LogP) is 3.18. The van der Waals surface area contributed by atoms with Gasteiger partial charge in [0.25, 0.3) is 5.91 Å². The van der Waals surface area contributed by atoms with Gasteiger partial charge in [-0.3, -0.25) is 9.69 Å². The lowest BCUT2D eigenvalue weighted by Gasteiger charge is -2.16. The maximum absolute atomic E-state index is 12.6. The van der Waals surface area contributed by atoms with E-state index < -0.39 is 0 Å². The van der Waals surface area contributed by atoms with Gasteiger partial charge in [0.05, 0.1) is 7.11 Å². The van der Waals surface area contributed by atoms with E-state index in [1.165, 1.54) is 5.56 Å². The Morgan fingerprint density at radius 2 is 2.08 bits per heavy atom. The molecule has 2 N–H and O–H groups in total. The summed E-state index contributed by atoms with van der Waals surface area (Å²) in [4.78, 5) is 18.2. The minimum Gasteiger partial charge on any atom is -0.497 e. The first kappa shape index (κ1) is 16.7. The standard InChI is InChI=1S/C21H23N3O2/c1-26-18-8-7-16-11-20(23-19(16)12-18)21(25)22-17-9-10-24(14-17)13-15-5-3-2-4-6-15/h2-8,11-12,17,23H,9-10,13-14H2,1H3,(H,22,25)/t17-/m1/s1. The average Bonchev–Trinajstić information content (AvgIpc) is 3.28. The fourth-order valence-corrected chi connectivity index (χ4v) is 3.55. The zero-order chi connectivity index (χ0) is 17.9. The summed E-state index contributed by atoms with van der Waals surface area (Å²) in [5.74, 6) is 0.727. The normalized spacial score (nSPS) is 17.5. The van der Waals surface area contributed by atoms with E-state index in [-0.39, 0.29) is 11.9 Å². The largest absolute Gasteiger partial charge is 0.497 e. The van der Waals surface area contributed by atoms with Crippen LogP contribution in [0.3, 0.4) is 0 Å². The van der Waals surface area contributed by atoms with Crippen LogP contribution in [0.2, 0.25) is 0 Å². The Morgan fingerprint density at radius 1 is 1.23 bits per heavy atom. The van der Waals surface area contributed by atoms with Crippen LogP contribution in [-0.4, -0.2) is 42.0 Å². The van der Waals surface area contributed by atoms with E-state index in [0.717, 1.165) is 42.7 Å². The van der Waals surface area contributed by atoms with E-state index in [1.54, 1.807) is 7.11 Å². The van der Waals surface area contributed by atoms with Gasteiger partial charge in [0, 0.05) is 42.6 Å². The van der Waals surface area contributed by atoms with Crippen molar-refractivity contribution in [1.82, 2.24) is 15.2 Å². The minimum atomic E-state index is -0.0493. The molecular formula is C21H23N3O2. The number of aromatic nitrogens is 1. The van der Waals surface area contributed by atoms with Crippen LogP contribution in [0.4, 0.5) is 0 Å². The van der Waals surface area contributed by atoms with Crippen molar-refractivity contribution in [2.24, 2.45) is 0 Å². The summed E-state index contributed by atoms with van der Waals surface area (Å²) < 4.78 is 5.23. The minimum absolute atomic E-state index is 0.0493. The monoisotopic (exact) mass is 349 g/mol. The lowest BCUT2D eigenvalue weighted by atomic mass is 10.2. The zero-order valence-electron chi connectivity index (χ0n) is 14.9. The van der Waals surface area contributed by atoms with Gasteiger partial charge in [0.2, 0.25) is 0 Å². The predicted molar refractivity (Wildman–Crippen MR) is 102 cm³/mol. The van der Waals surface area contributed by atoms with Gasteiger partial charge in [0.15, 0.2) is 0 Å². The molecule has 5 nitrogen and oxygen atoms in total. The molecule has 26 heavy (non-hydrogen) atoms. The number of nitrogens with zero attached hydrogens (tertiary/aromatic N) is 1. The quantitative estimate of drug-likeness (QED) is 0.744. The number of nitrogens with one attached hydrogen (secondary N) is 2. The molecule has 5 heteroatoms. The molecule has 1 amide bonds. The van der Waals surface area contributed by atoms with Crippen molar-refractivity contribution in [3.63, 3.8) is 0 Å². The highest BCUT2D eigenvalue weighted by atomic mass is 16.5. The molecule has 1 aliphatic rings. The Morgan fingerprint density at radius 3 is 2.88 bits per heavy atom. The number of ether oxygens (including phenoxy) is 1. The zero-order valence-corrected chi connectivity index (χ0v) is 14.9. The fraction of sp³-hybridized carbons (Fsp3) is 0.286. The summed E-state index contributed by atoms with van der Waals surface area (Å²) in [6.07, 6.45) is 0.979. The van der Waals surface area contributed by atoms with Crippen LogP contribution in [0.25, 0.3) is 10.9 Å². The Balaban J connectivity index is 1.38. The number of rotatable bonds is 5. The highest BCUT2D eigenvalue weighted by Gasteiger charge is 2.24. The van der Waals surface area contributed by atoms with Gasteiger partial charge < -0.3 is 15.0 Å². The Labute approximate surface area is 153 Å². The van der Waals surface area contributed by atoms with Crippen molar-refractivity contribution in [3.8, 4) is 5.75 Å². The summed E-state index contributed by atoms with van der Waals surface area (Å²) in [6.45, 7) is 2.82. The van der Waals surface area contributed by atoms with Crippen molar-refractivity contribution in [1.29, 1.82) is 0 Å². The summed E-state index contributed by atoms with van der Waals surface area (Å²) >= 11 is 0. The fourth-order valence-electron chi connectivity index (χ4n) is 3.55. The number of benzene rings is 2. The summed E-state index contributed by atoms with van der Waals surface area (Å²) in [6, 6.07) is 18.3. The van der Waals surface area contributed by atoms with Gasteiger partial charge in [-0.1, -0.05) is 30.3 Å². The number of aromatic amines is 1. The maximum atomic E-state index is 12.6. The highest BCUT2D eigenvalue weighted by molar-refractivity contribution is 5.98. The van der Waals surface area contributed by atoms with E-state index in [0.29, 0.717) is 5.69 Å². The van der Waals surface area contributed by atoms with Gasteiger partial charge in [-0.15, -0.1) is 0 Å². The summed E-state index contributed by atoms with van der Waals surface area (Å²) in [5.41, 5.74) is 2.81. The van der Waals surface area contributed by atoms with Crippen LogP contribution in [-0.2, 0) is 6.54 Å². The van der Waals surface area contributed by atoms with Crippen LogP contribution in [0.1, 0.15) is 22.5 Å². The third kappa shape index (κ3) is 3.58. The number of fused-ring (bicyclic) bond motifs is 1. The number of amides is 1. The first-order valence-corrected chi connectivity index (χ1v) is 8.95. The molecule has 1 saturated heterocycles. The molecule has 0 bridgehead atoms. The van der Waals surface area contributed by atoms with Gasteiger partial charge in [-0.2, -0.15) is 0 Å². The molecular weight excluding hydrogens is 326 g/mol. The summed E-state index contributed by atoms with van der Waals surface area (Å²) in [5, 5.41) is 4.16. The lowest BCUT2D eigenvalue weighted by molar-refractivity contribution is 0.0933. The molecule has 0 spiro atoms. The van der Waals surface area contributed by atoms with Gasteiger partial charge >= 0.3 is 0 Å². The van der Waals surface area contributed by atoms with Crippen molar-refractivity contribution in [2.75, 3.05) is 20.2 Å². The SMILES string of the molecule is COc1ccc2cc(C(=O)N[C@@H]3CCN(Cc4ccccc4)C3)[nH]c2c1. The Bertz CT molecular complexity index is 904. The summed E-state index contributed by atoms with van der Waals surface area (Å²) in [7, 11) is 1.64. The molecule has 0 unspecified atom stereocenters. The van der Waals surface area contributed by atoms with Crippen LogP contribution in [0.5, 0.6) is 5.75 Å². The molecule has 2 heterocycles. The molecule has 0 radical (unpaired) electrons. The number of hydrogen-bond donors (Lipinski definition) is 2. The first-order valence-electron chi connectivity index (χ1n) is 8.95. The maximum Gasteiger partial charge on any atom is 0.267 e. The van der Waals surface area contributed by atoms with Crippen LogP contribution in [0.15, 0.2) is 54.6 Å². The third-order valence-electron chi connectivity index (χ3n) is 4.93. The van der Waals surface area contributed by atoms with Crippen molar-refractivity contribution in [2.45, 2.75) is 19.0 Å². The molecule has 3 aromatic rings. The number of H-pyrrole nitrogens is 1. The van der Waals surface area contributed by atoms with E-state index >= 15 is 0 Å². The topological polar surface area (TPSA) is 57.4 Å². The molecule has 0 saturated carbocycles. The Kier molecular flexibility index (Phi) is 4.63.